The largest absolute Gasteiger partial charge is 0.465 e. The van der Waals surface area contributed by atoms with Gasteiger partial charge in [-0.05, 0) is 18.1 Å². The summed E-state index contributed by atoms with van der Waals surface area (Å²) in [5.41, 5.74) is -1.32. The molecule has 4 rings (SSSR count). The lowest BCUT2D eigenvalue weighted by Gasteiger charge is -2.34. The topological polar surface area (TPSA) is 88.4 Å². The third-order valence-electron chi connectivity index (χ3n) is 5.96. The van der Waals surface area contributed by atoms with Crippen LogP contribution in [0.5, 0.6) is 0 Å². The molecule has 0 aliphatic carbocycles. The Morgan fingerprint density at radius 3 is 2.31 bits per heavy atom. The van der Waals surface area contributed by atoms with Gasteiger partial charge in [-0.2, -0.15) is 5.26 Å². The maximum absolute atomic E-state index is 13.4. The summed E-state index contributed by atoms with van der Waals surface area (Å²) in [4.78, 5) is 26.4. The molecule has 29 heavy (non-hydrogen) atoms. The van der Waals surface area contributed by atoms with Gasteiger partial charge in [-0.15, -0.1) is 0 Å². The van der Waals surface area contributed by atoms with Crippen molar-refractivity contribution in [2.75, 3.05) is 13.2 Å². The van der Waals surface area contributed by atoms with E-state index in [9.17, 15) is 14.9 Å². The lowest BCUT2D eigenvalue weighted by Crippen LogP contribution is -2.49. The van der Waals surface area contributed by atoms with Gasteiger partial charge < -0.3 is 9.47 Å². The number of benzene rings is 2. The molecule has 0 bridgehead atoms. The average Bonchev–Trinajstić information content (AvgIpc) is 3.28. The van der Waals surface area contributed by atoms with E-state index < -0.39 is 34.9 Å². The van der Waals surface area contributed by atoms with Crippen molar-refractivity contribution in [2.24, 2.45) is 5.41 Å². The standard InChI is InChI=1S/C23H22N2O4/c1-2-28-20(26)22(15-24)18(16-9-5-3-6-10-16)23(13-14-29-21(23)27)25-19(22)17-11-7-4-8-12-17/h3-12,18-19,25H,2,13-14H2,1H3/t18?,19-,22?,23-/m0/s1. The zero-order chi connectivity index (χ0) is 20.5. The number of carbonyl (C=O) groups excluding carboxylic acids is 2. The first kappa shape index (κ1) is 19.2. The number of nitriles is 1. The van der Waals surface area contributed by atoms with Gasteiger partial charge in [0.05, 0.1) is 25.3 Å². The fourth-order valence-corrected chi connectivity index (χ4v) is 4.78. The van der Waals surface area contributed by atoms with E-state index in [0.717, 1.165) is 11.1 Å². The first-order valence-corrected chi connectivity index (χ1v) is 9.73. The lowest BCUT2D eigenvalue weighted by molar-refractivity contribution is -0.154. The Kier molecular flexibility index (Phi) is 4.85. The predicted molar refractivity (Wildman–Crippen MR) is 104 cm³/mol. The Morgan fingerprint density at radius 1 is 1.17 bits per heavy atom. The molecule has 0 amide bonds. The van der Waals surface area contributed by atoms with Crippen LogP contribution in [0.3, 0.4) is 0 Å². The molecule has 2 fully saturated rings. The number of cyclic esters (lactones) is 1. The van der Waals surface area contributed by atoms with Gasteiger partial charge in [-0.1, -0.05) is 60.7 Å². The molecule has 1 spiro atoms. The average molecular weight is 390 g/mol. The second-order valence-corrected chi connectivity index (χ2v) is 7.39. The van der Waals surface area contributed by atoms with Gasteiger partial charge in [0.1, 0.15) is 5.54 Å². The van der Waals surface area contributed by atoms with Gasteiger partial charge in [0.15, 0.2) is 5.41 Å². The van der Waals surface area contributed by atoms with E-state index >= 15 is 0 Å². The highest BCUT2D eigenvalue weighted by atomic mass is 16.5. The van der Waals surface area contributed by atoms with Crippen molar-refractivity contribution in [1.29, 1.82) is 5.26 Å². The van der Waals surface area contributed by atoms with Gasteiger partial charge in [0.2, 0.25) is 0 Å². The molecule has 2 aliphatic rings. The fourth-order valence-electron chi connectivity index (χ4n) is 4.78. The first-order valence-electron chi connectivity index (χ1n) is 9.73. The van der Waals surface area contributed by atoms with Crippen molar-refractivity contribution in [2.45, 2.75) is 30.8 Å². The highest BCUT2D eigenvalue weighted by Gasteiger charge is 2.72. The van der Waals surface area contributed by atoms with Crippen molar-refractivity contribution in [1.82, 2.24) is 5.32 Å². The van der Waals surface area contributed by atoms with E-state index in [0.29, 0.717) is 6.42 Å². The second-order valence-electron chi connectivity index (χ2n) is 7.39. The number of nitrogens with zero attached hydrogens (tertiary/aromatic N) is 1. The van der Waals surface area contributed by atoms with Crippen molar-refractivity contribution in [3.8, 4) is 6.07 Å². The molecule has 2 aliphatic heterocycles. The van der Waals surface area contributed by atoms with Crippen LogP contribution in [0.25, 0.3) is 0 Å². The smallest absolute Gasteiger partial charge is 0.329 e. The van der Waals surface area contributed by atoms with E-state index in [1.54, 1.807) is 6.92 Å². The zero-order valence-electron chi connectivity index (χ0n) is 16.1. The van der Waals surface area contributed by atoms with E-state index in [1.165, 1.54) is 0 Å². The third-order valence-corrected chi connectivity index (χ3v) is 5.96. The molecule has 6 heteroatoms. The molecular weight excluding hydrogens is 368 g/mol. The molecule has 2 heterocycles. The maximum atomic E-state index is 13.4. The van der Waals surface area contributed by atoms with Crippen LogP contribution in [-0.4, -0.2) is 30.7 Å². The normalized spacial score (nSPS) is 30.7. The summed E-state index contributed by atoms with van der Waals surface area (Å²) < 4.78 is 10.7. The van der Waals surface area contributed by atoms with Crippen molar-refractivity contribution >= 4 is 11.9 Å². The van der Waals surface area contributed by atoms with Crippen LogP contribution in [0.2, 0.25) is 0 Å². The quantitative estimate of drug-likeness (QED) is 0.808. The van der Waals surface area contributed by atoms with Gasteiger partial charge >= 0.3 is 11.9 Å². The summed E-state index contributed by atoms with van der Waals surface area (Å²) >= 11 is 0. The van der Waals surface area contributed by atoms with Crippen LogP contribution in [0.1, 0.15) is 36.4 Å². The number of hydrogen-bond acceptors (Lipinski definition) is 6. The molecule has 1 N–H and O–H groups in total. The van der Waals surface area contributed by atoms with Crippen LogP contribution in [0.4, 0.5) is 0 Å². The fraction of sp³-hybridized carbons (Fsp3) is 0.348. The molecule has 2 saturated heterocycles. The minimum Gasteiger partial charge on any atom is -0.465 e. The second kappa shape index (κ2) is 7.34. The lowest BCUT2D eigenvalue weighted by atomic mass is 9.63. The molecule has 0 saturated carbocycles. The third kappa shape index (κ3) is 2.73. The molecule has 2 aromatic rings. The number of hydrogen-bond donors (Lipinski definition) is 1. The van der Waals surface area contributed by atoms with Crippen LogP contribution < -0.4 is 5.32 Å². The highest BCUT2D eigenvalue weighted by molar-refractivity contribution is 5.92. The van der Waals surface area contributed by atoms with E-state index in [1.807, 2.05) is 60.7 Å². The molecule has 0 radical (unpaired) electrons. The predicted octanol–water partition coefficient (Wildman–Crippen LogP) is 2.87. The number of ether oxygens (including phenoxy) is 2. The summed E-state index contributed by atoms with van der Waals surface area (Å²) in [7, 11) is 0. The number of esters is 2. The summed E-state index contributed by atoms with van der Waals surface area (Å²) in [6.45, 7) is 2.09. The van der Waals surface area contributed by atoms with E-state index in [-0.39, 0.29) is 13.2 Å². The number of nitrogens with one attached hydrogen (secondary N) is 1. The minimum atomic E-state index is -1.62. The van der Waals surface area contributed by atoms with E-state index in [4.69, 9.17) is 9.47 Å². The molecule has 6 nitrogen and oxygen atoms in total. The molecule has 4 atom stereocenters. The zero-order valence-corrected chi connectivity index (χ0v) is 16.1. The van der Waals surface area contributed by atoms with Crippen LogP contribution in [0, 0.1) is 16.7 Å². The highest BCUT2D eigenvalue weighted by Crippen LogP contribution is 2.59. The Labute approximate surface area is 169 Å². The summed E-state index contributed by atoms with van der Waals surface area (Å²) in [6, 6.07) is 20.1. The van der Waals surface area contributed by atoms with Crippen LogP contribution in [0.15, 0.2) is 60.7 Å². The Morgan fingerprint density at radius 2 is 1.79 bits per heavy atom. The van der Waals surface area contributed by atoms with Crippen molar-refractivity contribution < 1.29 is 19.1 Å². The van der Waals surface area contributed by atoms with Gasteiger partial charge in [-0.25, -0.2) is 0 Å². The molecule has 0 aromatic heterocycles. The van der Waals surface area contributed by atoms with Crippen LogP contribution >= 0.6 is 0 Å². The summed E-state index contributed by atoms with van der Waals surface area (Å²) in [6.07, 6.45) is 0.373. The van der Waals surface area contributed by atoms with Crippen molar-refractivity contribution in [3.63, 3.8) is 0 Å². The Balaban J connectivity index is 2.00. The van der Waals surface area contributed by atoms with Gasteiger partial charge in [0.25, 0.3) is 0 Å². The molecule has 148 valence electrons. The van der Waals surface area contributed by atoms with Gasteiger partial charge in [-0.3, -0.25) is 14.9 Å². The van der Waals surface area contributed by atoms with E-state index in [2.05, 4.69) is 11.4 Å². The Bertz CT molecular complexity index is 956. The summed E-state index contributed by atoms with van der Waals surface area (Å²) in [5, 5.41) is 13.8. The SMILES string of the molecule is CCOC(=O)C1(C#N)C(c2ccccc2)[C@]2(CCOC2=O)N[C@H]1c1ccccc1. The maximum Gasteiger partial charge on any atom is 0.329 e. The molecule has 2 aromatic carbocycles. The Hall–Kier alpha value is -3.17. The van der Waals surface area contributed by atoms with Crippen molar-refractivity contribution in [3.05, 3.63) is 71.8 Å². The van der Waals surface area contributed by atoms with Crippen LogP contribution in [-0.2, 0) is 19.1 Å². The number of carbonyl (C=O) groups is 2. The molecular formula is C23H22N2O4. The minimum absolute atomic E-state index is 0.142. The summed E-state index contributed by atoms with van der Waals surface area (Å²) in [5.74, 6) is -1.82. The van der Waals surface area contributed by atoms with Gasteiger partial charge in [0, 0.05) is 12.3 Å². The first-order chi connectivity index (χ1) is 14.1. The monoisotopic (exact) mass is 390 g/mol. The number of rotatable bonds is 4. The molecule has 2 unspecified atom stereocenters.